The number of aromatic hydroxyl groups is 1. The van der Waals surface area contributed by atoms with Gasteiger partial charge in [0.2, 0.25) is 0 Å². The smallest absolute Gasteiger partial charge is 0.163 e. The van der Waals surface area contributed by atoms with Crippen molar-refractivity contribution in [1.82, 2.24) is 0 Å². The zero-order valence-electron chi connectivity index (χ0n) is 13.1. The molecular formula is C19H17Cl2NO2. The second-order valence-corrected chi connectivity index (χ2v) is 7.07. The van der Waals surface area contributed by atoms with E-state index in [4.69, 9.17) is 27.9 Å². The summed E-state index contributed by atoms with van der Waals surface area (Å²) < 4.78 is 5.26. The number of hydrogen-bond donors (Lipinski definition) is 2. The number of fused-ring (bicyclic) bond motifs is 3. The second kappa shape index (κ2) is 5.91. The predicted octanol–water partition coefficient (Wildman–Crippen LogP) is 5.53. The highest BCUT2D eigenvalue weighted by molar-refractivity contribution is 6.36. The summed E-state index contributed by atoms with van der Waals surface area (Å²) in [6, 6.07) is 9.26. The zero-order chi connectivity index (χ0) is 16.8. The zero-order valence-corrected chi connectivity index (χ0v) is 14.6. The fourth-order valence-electron chi connectivity index (χ4n) is 3.88. The number of phenolic OH excluding ortho intramolecular Hbond substituents is 1. The van der Waals surface area contributed by atoms with Gasteiger partial charge in [0.25, 0.3) is 0 Å². The number of hydrogen-bond acceptors (Lipinski definition) is 3. The van der Waals surface area contributed by atoms with Crippen LogP contribution in [0.1, 0.15) is 29.5 Å². The largest absolute Gasteiger partial charge is 0.504 e. The normalized spacial score (nSPS) is 24.2. The minimum Gasteiger partial charge on any atom is -0.504 e. The van der Waals surface area contributed by atoms with E-state index in [2.05, 4.69) is 17.5 Å². The van der Waals surface area contributed by atoms with Crippen LogP contribution in [-0.2, 0) is 0 Å². The Bertz CT molecular complexity index is 834. The molecule has 3 nitrogen and oxygen atoms in total. The lowest BCUT2D eigenvalue weighted by Crippen LogP contribution is -2.29. The molecule has 0 bridgehead atoms. The molecule has 0 saturated heterocycles. The molecule has 2 aromatic rings. The number of halogens is 2. The van der Waals surface area contributed by atoms with Gasteiger partial charge in [-0.15, -0.1) is 0 Å². The molecule has 0 fully saturated rings. The second-order valence-electron chi connectivity index (χ2n) is 6.23. The number of rotatable bonds is 2. The highest BCUT2D eigenvalue weighted by atomic mass is 35.5. The van der Waals surface area contributed by atoms with Gasteiger partial charge in [0, 0.05) is 16.5 Å². The van der Waals surface area contributed by atoms with E-state index in [1.54, 1.807) is 19.2 Å². The van der Waals surface area contributed by atoms with Gasteiger partial charge in [-0.05, 0) is 36.1 Å². The number of ether oxygens (including phenoxy) is 1. The van der Waals surface area contributed by atoms with Crippen molar-refractivity contribution in [3.8, 4) is 11.5 Å². The molecule has 0 spiro atoms. The lowest BCUT2D eigenvalue weighted by Gasteiger charge is -2.38. The molecule has 1 aliphatic heterocycles. The lowest BCUT2D eigenvalue weighted by molar-refractivity contribution is 0.358. The number of phenols is 1. The topological polar surface area (TPSA) is 41.5 Å². The summed E-state index contributed by atoms with van der Waals surface area (Å²) in [5.41, 5.74) is 2.83. The molecule has 1 heterocycles. The highest BCUT2D eigenvalue weighted by Crippen LogP contribution is 2.53. The van der Waals surface area contributed by atoms with E-state index in [1.165, 1.54) is 0 Å². The van der Waals surface area contributed by atoms with Gasteiger partial charge in [0.05, 0.1) is 23.9 Å². The van der Waals surface area contributed by atoms with Crippen molar-refractivity contribution in [3.05, 3.63) is 63.7 Å². The van der Waals surface area contributed by atoms with Gasteiger partial charge < -0.3 is 15.2 Å². The summed E-state index contributed by atoms with van der Waals surface area (Å²) in [7, 11) is 1.56. The fourth-order valence-corrected chi connectivity index (χ4v) is 4.45. The Morgan fingerprint density at radius 1 is 1.21 bits per heavy atom. The molecule has 0 aromatic heterocycles. The van der Waals surface area contributed by atoms with Crippen LogP contribution in [0.4, 0.5) is 5.69 Å². The van der Waals surface area contributed by atoms with Gasteiger partial charge in [0.15, 0.2) is 11.5 Å². The molecule has 0 radical (unpaired) electrons. The van der Waals surface area contributed by atoms with Crippen LogP contribution in [0.2, 0.25) is 10.0 Å². The van der Waals surface area contributed by atoms with Crippen LogP contribution in [0.3, 0.4) is 0 Å². The van der Waals surface area contributed by atoms with E-state index in [0.717, 1.165) is 23.2 Å². The third-order valence-electron chi connectivity index (χ3n) is 4.97. The van der Waals surface area contributed by atoms with Crippen LogP contribution in [-0.4, -0.2) is 12.2 Å². The molecule has 2 aromatic carbocycles. The van der Waals surface area contributed by atoms with Gasteiger partial charge in [-0.1, -0.05) is 47.5 Å². The molecule has 2 aliphatic rings. The molecule has 3 atom stereocenters. The first-order chi connectivity index (χ1) is 11.6. The molecule has 0 amide bonds. The maximum atomic E-state index is 10.6. The predicted molar refractivity (Wildman–Crippen MR) is 97.5 cm³/mol. The Balaban J connectivity index is 1.85. The first-order valence-electron chi connectivity index (χ1n) is 7.88. The van der Waals surface area contributed by atoms with Crippen molar-refractivity contribution < 1.29 is 9.84 Å². The first-order valence-corrected chi connectivity index (χ1v) is 8.63. The summed E-state index contributed by atoms with van der Waals surface area (Å²) in [6.07, 6.45) is 5.33. The van der Waals surface area contributed by atoms with Crippen molar-refractivity contribution in [2.45, 2.75) is 18.4 Å². The average molecular weight is 362 g/mol. The van der Waals surface area contributed by atoms with Crippen LogP contribution in [0.25, 0.3) is 0 Å². The van der Waals surface area contributed by atoms with Gasteiger partial charge in [-0.25, -0.2) is 0 Å². The molecular weight excluding hydrogens is 345 g/mol. The Morgan fingerprint density at radius 2 is 2.04 bits per heavy atom. The van der Waals surface area contributed by atoms with Gasteiger partial charge in [-0.3, -0.25) is 0 Å². The monoisotopic (exact) mass is 361 g/mol. The van der Waals surface area contributed by atoms with E-state index >= 15 is 0 Å². The summed E-state index contributed by atoms with van der Waals surface area (Å²) in [4.78, 5) is 0. The number of anilines is 1. The molecule has 124 valence electrons. The third-order valence-corrected chi connectivity index (χ3v) is 5.49. The number of benzene rings is 2. The van der Waals surface area contributed by atoms with Crippen LogP contribution in [0, 0.1) is 5.92 Å². The molecule has 0 saturated carbocycles. The molecule has 5 heteroatoms. The molecule has 4 rings (SSSR count). The summed E-state index contributed by atoms with van der Waals surface area (Å²) in [5, 5.41) is 15.4. The minimum absolute atomic E-state index is 0.0497. The number of allylic oxidation sites excluding steroid dienone is 2. The quantitative estimate of drug-likeness (QED) is 0.690. The standard InChI is InChI=1S/C19H17Cl2NO2/c1-24-16-7-3-6-13(19(16)23)17-12-5-2-4-11(12)14-8-10(20)9-15(21)18(14)22-17/h2-4,6-9,11-12,17,22-23H,5H2,1H3. The van der Waals surface area contributed by atoms with Crippen LogP contribution in [0.5, 0.6) is 11.5 Å². The lowest BCUT2D eigenvalue weighted by atomic mass is 9.77. The maximum absolute atomic E-state index is 10.6. The van der Waals surface area contributed by atoms with E-state index < -0.39 is 0 Å². The van der Waals surface area contributed by atoms with E-state index in [-0.39, 0.29) is 17.7 Å². The summed E-state index contributed by atoms with van der Waals surface area (Å²) in [5.74, 6) is 1.18. The number of methoxy groups -OCH3 is 1. The van der Waals surface area contributed by atoms with E-state index in [1.807, 2.05) is 18.2 Å². The number of para-hydroxylation sites is 1. The summed E-state index contributed by atoms with van der Waals surface area (Å²) in [6.45, 7) is 0. The van der Waals surface area contributed by atoms with Gasteiger partial charge >= 0.3 is 0 Å². The summed E-state index contributed by atoms with van der Waals surface area (Å²) >= 11 is 12.6. The van der Waals surface area contributed by atoms with Crippen LogP contribution >= 0.6 is 23.2 Å². The third kappa shape index (κ3) is 2.35. The van der Waals surface area contributed by atoms with Crippen molar-refractivity contribution >= 4 is 28.9 Å². The van der Waals surface area contributed by atoms with Crippen molar-refractivity contribution in [2.75, 3.05) is 12.4 Å². The minimum atomic E-state index is -0.0497. The maximum Gasteiger partial charge on any atom is 0.163 e. The van der Waals surface area contributed by atoms with Crippen LogP contribution in [0.15, 0.2) is 42.5 Å². The van der Waals surface area contributed by atoms with E-state index in [9.17, 15) is 5.11 Å². The Hall–Kier alpha value is -1.84. The van der Waals surface area contributed by atoms with Crippen molar-refractivity contribution in [1.29, 1.82) is 0 Å². The first kappa shape index (κ1) is 15.7. The van der Waals surface area contributed by atoms with Crippen LogP contribution < -0.4 is 10.1 Å². The highest BCUT2D eigenvalue weighted by Gasteiger charge is 2.40. The van der Waals surface area contributed by atoms with Gasteiger partial charge in [0.1, 0.15) is 0 Å². The van der Waals surface area contributed by atoms with Gasteiger partial charge in [-0.2, -0.15) is 0 Å². The SMILES string of the molecule is COc1cccc(C2Nc3c(Cl)cc(Cl)cc3C3C=CCC32)c1O. The molecule has 3 unspecified atom stereocenters. The Labute approximate surface area is 150 Å². The van der Waals surface area contributed by atoms with Crippen molar-refractivity contribution in [2.24, 2.45) is 5.92 Å². The number of nitrogens with one attached hydrogen (secondary N) is 1. The Morgan fingerprint density at radius 3 is 2.83 bits per heavy atom. The van der Waals surface area contributed by atoms with E-state index in [0.29, 0.717) is 21.7 Å². The Kier molecular flexibility index (Phi) is 3.86. The fraction of sp³-hybridized carbons (Fsp3) is 0.263. The molecule has 24 heavy (non-hydrogen) atoms. The average Bonchev–Trinajstić information content (AvgIpc) is 3.05. The van der Waals surface area contributed by atoms with Crippen molar-refractivity contribution in [3.63, 3.8) is 0 Å². The molecule has 1 aliphatic carbocycles. The molecule has 2 N–H and O–H groups in total.